The Bertz CT molecular complexity index is 812. The van der Waals surface area contributed by atoms with Gasteiger partial charge in [-0.2, -0.15) is 0 Å². The summed E-state index contributed by atoms with van der Waals surface area (Å²) in [5, 5.41) is 19.4. The van der Waals surface area contributed by atoms with E-state index in [0.29, 0.717) is 0 Å². The number of nitrogens with two attached hydrogens (primary N) is 1. The first kappa shape index (κ1) is 17.6. The monoisotopic (exact) mass is 425 g/mol. The van der Waals surface area contributed by atoms with Crippen LogP contribution in [0.4, 0.5) is 5.82 Å². The number of phosphoric acid groups is 1. The number of aliphatic hydroxyl groups is 2. The van der Waals surface area contributed by atoms with Gasteiger partial charge in [0.1, 0.15) is 24.6 Å². The van der Waals surface area contributed by atoms with E-state index in [1.54, 1.807) is 0 Å². The molecule has 0 radical (unpaired) electrons. The van der Waals surface area contributed by atoms with Gasteiger partial charge < -0.3 is 30.5 Å². The molecule has 3 rings (SSSR count). The molecule has 0 bridgehead atoms. The van der Waals surface area contributed by atoms with Crippen molar-refractivity contribution >= 4 is 40.7 Å². The molecule has 132 valence electrons. The zero-order chi connectivity index (χ0) is 17.6. The van der Waals surface area contributed by atoms with Crippen LogP contribution in [0.15, 0.2) is 11.1 Å². The fourth-order valence-electron chi connectivity index (χ4n) is 2.47. The second kappa shape index (κ2) is 6.28. The van der Waals surface area contributed by atoms with Crippen molar-refractivity contribution in [3.8, 4) is 0 Å². The smallest absolute Gasteiger partial charge is 0.394 e. The van der Waals surface area contributed by atoms with Crippen LogP contribution in [0.3, 0.4) is 0 Å². The van der Waals surface area contributed by atoms with Crippen molar-refractivity contribution in [2.24, 2.45) is 0 Å². The van der Waals surface area contributed by atoms with Crippen molar-refractivity contribution in [3.05, 3.63) is 11.1 Å². The van der Waals surface area contributed by atoms with Crippen molar-refractivity contribution in [2.75, 3.05) is 12.3 Å². The Morgan fingerprint density at radius 2 is 2.17 bits per heavy atom. The van der Waals surface area contributed by atoms with Crippen LogP contribution in [-0.2, 0) is 13.8 Å². The van der Waals surface area contributed by atoms with Crippen molar-refractivity contribution in [1.82, 2.24) is 19.5 Å². The number of aromatic nitrogens is 4. The van der Waals surface area contributed by atoms with Gasteiger partial charge in [0.15, 0.2) is 27.9 Å². The maximum absolute atomic E-state index is 11.2. The molecular weight excluding hydrogens is 413 g/mol. The third-order valence-electron chi connectivity index (χ3n) is 3.47. The Balaban J connectivity index is 2.11. The quantitative estimate of drug-likeness (QED) is 0.295. The van der Waals surface area contributed by atoms with Gasteiger partial charge in [-0.1, -0.05) is 0 Å². The molecule has 6 N–H and O–H groups in total. The number of phosphoric ester groups is 1. The Hall–Kier alpha value is -1.18. The Labute approximate surface area is 142 Å². The van der Waals surface area contributed by atoms with E-state index in [4.69, 9.17) is 20.3 Å². The minimum atomic E-state index is -4.94. The fourth-order valence-corrected chi connectivity index (χ4v) is 3.57. The number of aliphatic hydroxyl groups excluding tert-OH is 2. The van der Waals surface area contributed by atoms with Crippen LogP contribution in [0.2, 0.25) is 0 Å². The van der Waals surface area contributed by atoms with Crippen molar-refractivity contribution in [1.29, 1.82) is 0 Å². The fraction of sp³-hybridized carbons (Fsp3) is 0.500. The Morgan fingerprint density at radius 3 is 2.79 bits per heavy atom. The Kier molecular flexibility index (Phi) is 4.61. The summed E-state index contributed by atoms with van der Waals surface area (Å²) in [7, 11) is -4.94. The van der Waals surface area contributed by atoms with Crippen LogP contribution in [0.25, 0.3) is 11.2 Å². The van der Waals surface area contributed by atoms with E-state index in [1.165, 1.54) is 10.9 Å². The lowest BCUT2D eigenvalue weighted by Gasteiger charge is -2.22. The van der Waals surface area contributed by atoms with Gasteiger partial charge in [0.05, 0.1) is 6.61 Å². The number of nitrogens with zero attached hydrogens (tertiary/aromatic N) is 4. The lowest BCUT2D eigenvalue weighted by atomic mass is 10.1. The maximum Gasteiger partial charge on any atom is 0.470 e. The van der Waals surface area contributed by atoms with Gasteiger partial charge in [-0.15, -0.1) is 0 Å². The summed E-state index contributed by atoms with van der Waals surface area (Å²) in [6.45, 7) is -0.583. The first-order chi connectivity index (χ1) is 11.2. The van der Waals surface area contributed by atoms with Gasteiger partial charge in [-0.25, -0.2) is 19.5 Å². The SMILES string of the molecule is Nc1ncnc2c1nc(Br)n2[C@@H]1O[C@H](CO)[C@@H](O)[C@H]1OP(=O)(O)O. The van der Waals surface area contributed by atoms with Gasteiger partial charge in [0.25, 0.3) is 0 Å². The summed E-state index contributed by atoms with van der Waals surface area (Å²) in [4.78, 5) is 30.1. The number of anilines is 1. The van der Waals surface area contributed by atoms with E-state index >= 15 is 0 Å². The number of imidazole rings is 1. The molecular formula is C10H13BrN5O7P. The van der Waals surface area contributed by atoms with Crippen molar-refractivity contribution < 1.29 is 33.8 Å². The summed E-state index contributed by atoms with van der Waals surface area (Å²) < 4.78 is 22.8. The number of nitrogen functional groups attached to an aromatic ring is 1. The first-order valence-electron chi connectivity index (χ1n) is 6.55. The van der Waals surface area contributed by atoms with Gasteiger partial charge in [-0.05, 0) is 15.9 Å². The van der Waals surface area contributed by atoms with Crippen molar-refractivity contribution in [2.45, 2.75) is 24.5 Å². The second-order valence-electron chi connectivity index (χ2n) is 4.98. The molecule has 12 nitrogen and oxygen atoms in total. The van der Waals surface area contributed by atoms with Crippen LogP contribution in [0.5, 0.6) is 0 Å². The third-order valence-corrected chi connectivity index (χ3v) is 4.55. The average molecular weight is 426 g/mol. The molecule has 24 heavy (non-hydrogen) atoms. The third kappa shape index (κ3) is 3.05. The van der Waals surface area contributed by atoms with Crippen LogP contribution in [-0.4, -0.2) is 64.4 Å². The summed E-state index contributed by atoms with van der Waals surface area (Å²) in [5.41, 5.74) is 6.15. The zero-order valence-electron chi connectivity index (χ0n) is 11.8. The van der Waals surface area contributed by atoms with Crippen LogP contribution in [0, 0.1) is 0 Å². The molecule has 2 aromatic heterocycles. The highest BCUT2D eigenvalue weighted by Gasteiger charge is 2.49. The van der Waals surface area contributed by atoms with Gasteiger partial charge >= 0.3 is 7.82 Å². The van der Waals surface area contributed by atoms with E-state index < -0.39 is 39.0 Å². The van der Waals surface area contributed by atoms with Crippen LogP contribution < -0.4 is 5.73 Å². The molecule has 4 atom stereocenters. The molecule has 0 aliphatic carbocycles. The number of rotatable bonds is 4. The molecule has 0 unspecified atom stereocenters. The summed E-state index contributed by atoms with van der Waals surface area (Å²) in [6.07, 6.45) is -4.13. The lowest BCUT2D eigenvalue weighted by molar-refractivity contribution is -0.0515. The minimum Gasteiger partial charge on any atom is -0.394 e. The normalized spacial score (nSPS) is 27.9. The van der Waals surface area contributed by atoms with Gasteiger partial charge in [-0.3, -0.25) is 9.09 Å². The molecule has 0 aromatic carbocycles. The molecule has 1 saturated heterocycles. The highest BCUT2D eigenvalue weighted by Crippen LogP contribution is 2.45. The predicted octanol–water partition coefficient (Wildman–Crippen LogP) is -1.10. The number of ether oxygens (including phenoxy) is 1. The van der Waals surface area contributed by atoms with Gasteiger partial charge in [0.2, 0.25) is 0 Å². The largest absolute Gasteiger partial charge is 0.470 e. The zero-order valence-corrected chi connectivity index (χ0v) is 14.3. The molecule has 0 saturated carbocycles. The number of hydrogen-bond donors (Lipinski definition) is 5. The topological polar surface area (TPSA) is 186 Å². The highest BCUT2D eigenvalue weighted by molar-refractivity contribution is 9.10. The molecule has 0 spiro atoms. The molecule has 2 aromatic rings. The van der Waals surface area contributed by atoms with E-state index in [9.17, 15) is 14.8 Å². The minimum absolute atomic E-state index is 0.0872. The number of hydrogen-bond acceptors (Lipinski definition) is 9. The highest BCUT2D eigenvalue weighted by atomic mass is 79.9. The van der Waals surface area contributed by atoms with Crippen LogP contribution in [0.1, 0.15) is 6.23 Å². The van der Waals surface area contributed by atoms with E-state index in [1.807, 2.05) is 0 Å². The molecule has 1 aliphatic heterocycles. The summed E-state index contributed by atoms with van der Waals surface area (Å²) >= 11 is 3.18. The standard InChI is InChI=1S/C10H13BrN5O7P/c11-10-15-4-7(12)13-2-14-8(4)16(10)9-6(23-24(19,20)21)5(18)3(1-17)22-9/h2-3,5-6,9,17-18H,1H2,(H2,12,13,14)(H2,19,20,21)/t3-,5-,6-,9-/m1/s1. The van der Waals surface area contributed by atoms with E-state index in [-0.39, 0.29) is 21.7 Å². The molecule has 3 heterocycles. The summed E-state index contributed by atoms with van der Waals surface area (Å²) in [6, 6.07) is 0. The molecule has 1 fully saturated rings. The van der Waals surface area contributed by atoms with E-state index in [0.717, 1.165) is 0 Å². The van der Waals surface area contributed by atoms with Crippen molar-refractivity contribution in [3.63, 3.8) is 0 Å². The Morgan fingerprint density at radius 1 is 1.46 bits per heavy atom. The first-order valence-corrected chi connectivity index (χ1v) is 8.87. The predicted molar refractivity (Wildman–Crippen MR) is 81.4 cm³/mol. The lowest BCUT2D eigenvalue weighted by Crippen LogP contribution is -2.35. The average Bonchev–Trinajstić information content (AvgIpc) is 2.97. The molecule has 1 aliphatic rings. The molecule has 14 heteroatoms. The van der Waals surface area contributed by atoms with Gasteiger partial charge in [0, 0.05) is 0 Å². The van der Waals surface area contributed by atoms with Crippen LogP contribution >= 0.6 is 23.8 Å². The second-order valence-corrected chi connectivity index (χ2v) is 6.88. The number of fused-ring (bicyclic) bond motifs is 1. The molecule has 0 amide bonds. The maximum atomic E-state index is 11.2. The number of halogens is 1. The van der Waals surface area contributed by atoms with E-state index in [2.05, 4.69) is 35.4 Å². The summed E-state index contributed by atoms with van der Waals surface area (Å²) in [5.74, 6) is 0.0872.